The highest BCUT2D eigenvalue weighted by Crippen LogP contribution is 2.44. The smallest absolute Gasteiger partial charge is 0.282 e. The second-order valence-electron chi connectivity index (χ2n) is 12.8. The lowest BCUT2D eigenvalue weighted by Crippen LogP contribution is -2.62. The van der Waals surface area contributed by atoms with E-state index in [0.29, 0.717) is 30.9 Å². The van der Waals surface area contributed by atoms with E-state index in [0.717, 1.165) is 52.1 Å². The predicted octanol–water partition coefficient (Wildman–Crippen LogP) is 4.30. The largest absolute Gasteiger partial charge is 0.434 e. The van der Waals surface area contributed by atoms with E-state index in [2.05, 4.69) is 57.6 Å². The molecule has 1 spiro atoms. The lowest BCUT2D eigenvalue weighted by atomic mass is 9.76. The van der Waals surface area contributed by atoms with Gasteiger partial charge in [0.2, 0.25) is 0 Å². The normalized spacial score (nSPS) is 18.0. The van der Waals surface area contributed by atoms with Gasteiger partial charge < -0.3 is 24.5 Å². The zero-order chi connectivity index (χ0) is 31.3. The summed E-state index contributed by atoms with van der Waals surface area (Å²) in [7, 11) is 0. The van der Waals surface area contributed by atoms with Crippen LogP contribution in [0.15, 0.2) is 24.5 Å². The molecule has 2 aliphatic heterocycles. The number of likely N-dealkylation sites (N-methyl/N-ethyl adjacent to an activating group) is 1. The predicted molar refractivity (Wildman–Crippen MR) is 166 cm³/mol. The number of anilines is 1. The van der Waals surface area contributed by atoms with E-state index in [1.807, 2.05) is 20.8 Å². The van der Waals surface area contributed by atoms with E-state index in [4.69, 9.17) is 4.74 Å². The Bertz CT molecular complexity index is 1220. The van der Waals surface area contributed by atoms with Crippen molar-refractivity contribution in [3.05, 3.63) is 35.9 Å². The van der Waals surface area contributed by atoms with Crippen molar-refractivity contribution in [2.45, 2.75) is 79.5 Å². The molecule has 11 heteroatoms. The van der Waals surface area contributed by atoms with Crippen LogP contribution in [0.3, 0.4) is 0 Å². The molecule has 10 nitrogen and oxygen atoms in total. The van der Waals surface area contributed by atoms with E-state index in [1.165, 1.54) is 24.5 Å². The third kappa shape index (κ3) is 7.61. The number of hydrogen-bond acceptors (Lipinski definition) is 9. The van der Waals surface area contributed by atoms with Gasteiger partial charge in [-0.25, -0.2) is 9.37 Å². The molecule has 3 heterocycles. The van der Waals surface area contributed by atoms with Gasteiger partial charge >= 0.3 is 0 Å². The lowest BCUT2D eigenvalue weighted by Gasteiger charge is -2.53. The molecule has 0 saturated carbocycles. The minimum Gasteiger partial charge on any atom is -0.434 e. The number of benzene rings is 1. The van der Waals surface area contributed by atoms with Crippen molar-refractivity contribution in [3.8, 4) is 11.6 Å². The summed E-state index contributed by atoms with van der Waals surface area (Å²) >= 11 is 0. The lowest BCUT2D eigenvalue weighted by molar-refractivity contribution is -0.0485. The Morgan fingerprint density at radius 3 is 2.47 bits per heavy atom. The Kier molecular flexibility index (Phi) is 10.9. The first kappa shape index (κ1) is 33.0. The average Bonchev–Trinajstić information content (AvgIpc) is 3.41. The maximum Gasteiger partial charge on any atom is 0.282 e. The van der Waals surface area contributed by atoms with Gasteiger partial charge in [0.05, 0.1) is 11.7 Å². The molecule has 2 aromatic rings. The number of rotatable bonds is 14. The SMILES string of the molecule is CCN(CC)C[C@H](O)C[C@H](C(C)C)N1CC2(CCN(c3ncnnc3Oc3ccc(F)cc3C(=O)N(CC)C(C)C)C2)C1. The molecule has 2 saturated heterocycles. The summed E-state index contributed by atoms with van der Waals surface area (Å²) in [6.07, 6.45) is 2.84. The fourth-order valence-electron chi connectivity index (χ4n) is 6.70. The van der Waals surface area contributed by atoms with Gasteiger partial charge in [0.25, 0.3) is 11.8 Å². The van der Waals surface area contributed by atoms with Crippen molar-refractivity contribution in [2.24, 2.45) is 11.3 Å². The van der Waals surface area contributed by atoms with E-state index < -0.39 is 5.82 Å². The summed E-state index contributed by atoms with van der Waals surface area (Å²) in [5.41, 5.74) is 0.275. The fraction of sp³-hybridized carbons (Fsp3) is 0.688. The molecule has 43 heavy (non-hydrogen) atoms. The highest BCUT2D eigenvalue weighted by molar-refractivity contribution is 5.97. The number of nitrogens with zero attached hydrogens (tertiary/aromatic N) is 7. The second-order valence-corrected chi connectivity index (χ2v) is 12.8. The molecule has 2 fully saturated rings. The number of aromatic nitrogens is 3. The average molecular weight is 600 g/mol. The summed E-state index contributed by atoms with van der Waals surface area (Å²) in [6, 6.07) is 4.23. The van der Waals surface area contributed by atoms with Gasteiger partial charge in [-0.05, 0) is 70.8 Å². The molecule has 0 unspecified atom stereocenters. The Hall–Kier alpha value is -2.89. The van der Waals surface area contributed by atoms with Crippen LogP contribution in [-0.4, -0.2) is 111 Å². The van der Waals surface area contributed by atoms with Crippen LogP contribution in [-0.2, 0) is 0 Å². The minimum absolute atomic E-state index is 0.0499. The highest BCUT2D eigenvalue weighted by atomic mass is 19.1. The van der Waals surface area contributed by atoms with Gasteiger partial charge in [-0.1, -0.05) is 27.7 Å². The molecule has 2 atom stereocenters. The van der Waals surface area contributed by atoms with Crippen molar-refractivity contribution in [1.82, 2.24) is 29.9 Å². The van der Waals surface area contributed by atoms with E-state index >= 15 is 0 Å². The molecule has 0 aliphatic carbocycles. The number of carbonyl (C=O) groups is 1. The number of hydrogen-bond donors (Lipinski definition) is 1. The molecule has 4 rings (SSSR count). The highest BCUT2D eigenvalue weighted by Gasteiger charge is 2.50. The number of ether oxygens (including phenoxy) is 1. The third-order valence-electron chi connectivity index (χ3n) is 9.11. The van der Waals surface area contributed by atoms with Crippen molar-refractivity contribution in [1.29, 1.82) is 0 Å². The number of aliphatic hydroxyl groups is 1. The van der Waals surface area contributed by atoms with E-state index in [1.54, 1.807) is 4.90 Å². The summed E-state index contributed by atoms with van der Waals surface area (Å²) < 4.78 is 20.4. The molecule has 1 aromatic carbocycles. The molecule has 1 N–H and O–H groups in total. The van der Waals surface area contributed by atoms with Gasteiger partial charge in [0.15, 0.2) is 5.82 Å². The van der Waals surface area contributed by atoms with Crippen LogP contribution < -0.4 is 9.64 Å². The van der Waals surface area contributed by atoms with Crippen LogP contribution in [0.25, 0.3) is 0 Å². The number of likely N-dealkylation sites (tertiary alicyclic amines) is 1. The molecule has 238 valence electrons. The monoisotopic (exact) mass is 599 g/mol. The molecule has 0 radical (unpaired) electrons. The van der Waals surface area contributed by atoms with Crippen LogP contribution in [0.4, 0.5) is 10.2 Å². The molecular formula is C32H50FN7O3. The minimum atomic E-state index is -0.510. The van der Waals surface area contributed by atoms with E-state index in [9.17, 15) is 14.3 Å². The maximum absolute atomic E-state index is 14.3. The summed E-state index contributed by atoms with van der Waals surface area (Å²) in [5.74, 6) is 0.620. The molecule has 2 aliphatic rings. The van der Waals surface area contributed by atoms with E-state index in [-0.39, 0.29) is 40.7 Å². The van der Waals surface area contributed by atoms with Gasteiger partial charge in [0, 0.05) is 56.8 Å². The van der Waals surface area contributed by atoms with Gasteiger partial charge in [-0.15, -0.1) is 10.2 Å². The number of carbonyl (C=O) groups excluding carboxylic acids is 1. The van der Waals surface area contributed by atoms with Gasteiger partial charge in [-0.2, -0.15) is 0 Å². The number of halogens is 1. The summed E-state index contributed by atoms with van der Waals surface area (Å²) in [5, 5.41) is 19.0. The van der Waals surface area contributed by atoms with Crippen molar-refractivity contribution >= 4 is 11.7 Å². The first-order valence-corrected chi connectivity index (χ1v) is 15.9. The molecule has 1 amide bonds. The second kappa shape index (κ2) is 14.3. The van der Waals surface area contributed by atoms with Crippen molar-refractivity contribution in [3.63, 3.8) is 0 Å². The van der Waals surface area contributed by atoms with Crippen LogP contribution in [0.5, 0.6) is 11.6 Å². The Morgan fingerprint density at radius 1 is 1.12 bits per heavy atom. The molecular weight excluding hydrogens is 549 g/mol. The zero-order valence-corrected chi connectivity index (χ0v) is 27.0. The Morgan fingerprint density at radius 2 is 1.84 bits per heavy atom. The van der Waals surface area contributed by atoms with Crippen LogP contribution in [0, 0.1) is 17.2 Å². The van der Waals surface area contributed by atoms with Crippen molar-refractivity contribution in [2.75, 3.05) is 57.3 Å². The third-order valence-corrected chi connectivity index (χ3v) is 9.11. The summed E-state index contributed by atoms with van der Waals surface area (Å²) in [6.45, 7) is 21.1. The Labute approximate surface area is 256 Å². The molecule has 0 bridgehead atoms. The molecule has 1 aromatic heterocycles. The topological polar surface area (TPSA) is 98.2 Å². The zero-order valence-electron chi connectivity index (χ0n) is 27.0. The Balaban J connectivity index is 1.45. The van der Waals surface area contributed by atoms with Crippen molar-refractivity contribution < 1.29 is 19.0 Å². The first-order valence-electron chi connectivity index (χ1n) is 15.9. The number of aliphatic hydroxyl groups excluding tert-OH is 1. The fourth-order valence-corrected chi connectivity index (χ4v) is 6.70. The summed E-state index contributed by atoms with van der Waals surface area (Å²) in [4.78, 5) is 26.5. The van der Waals surface area contributed by atoms with Crippen LogP contribution in [0.1, 0.15) is 71.7 Å². The quantitative estimate of drug-likeness (QED) is 0.341. The van der Waals surface area contributed by atoms with Gasteiger partial charge in [-0.3, -0.25) is 9.69 Å². The maximum atomic E-state index is 14.3. The standard InChI is InChI=1S/C32H50FN7O3/c1-8-37(9-2)17-25(41)16-27(22(4)5)39-19-32(20-39)13-14-38(18-32)29-30(36-35-21-34-29)43-28-12-11-24(33)15-26(28)31(42)40(10-3)23(6)7/h11-12,15,21-23,25,27,41H,8-10,13-14,16-20H2,1-7H3/t25-,27-/m1/s1. The van der Waals surface area contributed by atoms with Crippen LogP contribution >= 0.6 is 0 Å². The van der Waals surface area contributed by atoms with Crippen LogP contribution in [0.2, 0.25) is 0 Å². The van der Waals surface area contributed by atoms with Gasteiger partial charge in [0.1, 0.15) is 17.9 Å². The number of amides is 1. The first-order chi connectivity index (χ1) is 20.5.